The van der Waals surface area contributed by atoms with Crippen molar-refractivity contribution in [2.24, 2.45) is 0 Å². The first-order valence-electron chi connectivity index (χ1n) is 7.14. The van der Waals surface area contributed by atoms with Crippen molar-refractivity contribution >= 4 is 18.0 Å². The molecular weight excluding hydrogens is 290 g/mol. The first-order chi connectivity index (χ1) is 10.0. The lowest BCUT2D eigenvalue weighted by Gasteiger charge is -2.28. The topological polar surface area (TPSA) is 113 Å². The van der Waals surface area contributed by atoms with Crippen molar-refractivity contribution in [2.75, 3.05) is 0 Å². The van der Waals surface area contributed by atoms with Gasteiger partial charge in [-0.05, 0) is 46.5 Å². The number of carbonyl (C=O) groups is 3. The molecule has 0 atom stereocenters. The number of alkyl carbamates (subject to hydrolysis) is 1. The highest BCUT2D eigenvalue weighted by Crippen LogP contribution is 2.19. The summed E-state index contributed by atoms with van der Waals surface area (Å²) in [5.74, 6) is -3.23. The molecule has 1 amide bonds. The van der Waals surface area contributed by atoms with Gasteiger partial charge in [0.05, 0.1) is 0 Å². The minimum atomic E-state index is -2.38. The Balaban J connectivity index is 4.94. The molecule has 0 aliphatic heterocycles. The van der Waals surface area contributed by atoms with Crippen LogP contribution in [0.4, 0.5) is 4.79 Å². The maximum atomic E-state index is 11.7. The monoisotopic (exact) mass is 315 g/mol. The van der Waals surface area contributed by atoms with Gasteiger partial charge in [0.1, 0.15) is 5.60 Å². The minimum absolute atomic E-state index is 0.214. The first kappa shape index (κ1) is 19.9. The predicted octanol–water partition coefficient (Wildman–Crippen LogP) is 2.56. The number of rotatable bonds is 9. The van der Waals surface area contributed by atoms with Crippen molar-refractivity contribution in [1.29, 1.82) is 0 Å². The molecule has 0 radical (unpaired) electrons. The van der Waals surface area contributed by atoms with Crippen LogP contribution in [0.1, 0.15) is 52.9 Å². The first-order valence-corrected chi connectivity index (χ1v) is 7.14. The predicted molar refractivity (Wildman–Crippen MR) is 80.7 cm³/mol. The summed E-state index contributed by atoms with van der Waals surface area (Å²) in [4.78, 5) is 34.6. The number of allylic oxidation sites excluding steroid dienone is 1. The van der Waals surface area contributed by atoms with Gasteiger partial charge in [0.2, 0.25) is 5.54 Å². The minimum Gasteiger partial charge on any atom is -0.479 e. The van der Waals surface area contributed by atoms with Gasteiger partial charge in [-0.3, -0.25) is 5.32 Å². The molecule has 0 aliphatic carbocycles. The molecule has 0 aliphatic rings. The molecule has 7 nitrogen and oxygen atoms in total. The summed E-state index contributed by atoms with van der Waals surface area (Å²) in [5.41, 5.74) is -3.23. The number of hydrogen-bond acceptors (Lipinski definition) is 4. The number of nitrogens with one attached hydrogen (secondary N) is 1. The summed E-state index contributed by atoms with van der Waals surface area (Å²) < 4.78 is 4.95. The summed E-state index contributed by atoms with van der Waals surface area (Å²) in [6.45, 7) is 8.38. The second-order valence-corrected chi connectivity index (χ2v) is 6.03. The number of carbonyl (C=O) groups excluding carboxylic acids is 1. The summed E-state index contributed by atoms with van der Waals surface area (Å²) in [7, 11) is 0. The van der Waals surface area contributed by atoms with Gasteiger partial charge in [0.15, 0.2) is 0 Å². The normalized spacial score (nSPS) is 11.6. The molecule has 0 heterocycles. The molecule has 0 saturated carbocycles. The quantitative estimate of drug-likeness (QED) is 0.342. The van der Waals surface area contributed by atoms with Crippen LogP contribution in [0, 0.1) is 0 Å². The molecule has 0 unspecified atom stereocenters. The lowest BCUT2D eigenvalue weighted by atomic mass is 9.92. The molecule has 0 fully saturated rings. The SMILES string of the molecule is C=CCCCCCC(NC(=O)OC(C)(C)C)(C(=O)O)C(=O)O. The summed E-state index contributed by atoms with van der Waals surface area (Å²) >= 11 is 0. The Labute approximate surface area is 130 Å². The van der Waals surface area contributed by atoms with Crippen LogP contribution in [-0.4, -0.2) is 39.4 Å². The van der Waals surface area contributed by atoms with Gasteiger partial charge in [-0.1, -0.05) is 12.5 Å². The fourth-order valence-corrected chi connectivity index (χ4v) is 1.81. The molecular formula is C15H25NO6. The van der Waals surface area contributed by atoms with Crippen LogP contribution in [0.15, 0.2) is 12.7 Å². The van der Waals surface area contributed by atoms with Crippen molar-refractivity contribution in [1.82, 2.24) is 5.32 Å². The number of aliphatic carboxylic acids is 2. The van der Waals surface area contributed by atoms with E-state index in [0.717, 1.165) is 12.8 Å². The van der Waals surface area contributed by atoms with Crippen LogP contribution in [0.5, 0.6) is 0 Å². The third-order valence-corrected chi connectivity index (χ3v) is 2.90. The van der Waals surface area contributed by atoms with Crippen molar-refractivity contribution < 1.29 is 29.3 Å². The average Bonchev–Trinajstić information content (AvgIpc) is 2.34. The maximum absolute atomic E-state index is 11.7. The lowest BCUT2D eigenvalue weighted by molar-refractivity contribution is -0.159. The van der Waals surface area contributed by atoms with Gasteiger partial charge in [0.25, 0.3) is 0 Å². The molecule has 0 aromatic carbocycles. The van der Waals surface area contributed by atoms with E-state index in [4.69, 9.17) is 4.74 Å². The third kappa shape index (κ3) is 6.60. The summed E-state index contributed by atoms with van der Waals surface area (Å²) in [6.07, 6.45) is 3.00. The molecule has 0 aromatic heterocycles. The number of ether oxygens (including phenoxy) is 1. The van der Waals surface area contributed by atoms with E-state index in [-0.39, 0.29) is 6.42 Å². The van der Waals surface area contributed by atoms with E-state index in [0.29, 0.717) is 12.8 Å². The van der Waals surface area contributed by atoms with Crippen molar-refractivity contribution in [3.63, 3.8) is 0 Å². The molecule has 0 rings (SSSR count). The zero-order valence-corrected chi connectivity index (χ0v) is 13.3. The molecule has 3 N–H and O–H groups in total. The molecule has 0 aromatic rings. The van der Waals surface area contributed by atoms with Crippen LogP contribution < -0.4 is 5.32 Å². The van der Waals surface area contributed by atoms with E-state index in [1.807, 2.05) is 5.32 Å². The number of carboxylic acid groups (broad SMARTS) is 2. The van der Waals surface area contributed by atoms with Crippen LogP contribution in [0.25, 0.3) is 0 Å². The Morgan fingerprint density at radius 1 is 1.09 bits per heavy atom. The van der Waals surface area contributed by atoms with Gasteiger partial charge in [-0.15, -0.1) is 6.58 Å². The Hall–Kier alpha value is -2.05. The molecule has 0 saturated heterocycles. The molecule has 126 valence electrons. The Kier molecular flexibility index (Phi) is 7.62. The third-order valence-electron chi connectivity index (χ3n) is 2.90. The van der Waals surface area contributed by atoms with Gasteiger partial charge in [-0.25, -0.2) is 14.4 Å². The second kappa shape index (κ2) is 8.41. The van der Waals surface area contributed by atoms with E-state index < -0.39 is 29.2 Å². The van der Waals surface area contributed by atoms with Crippen molar-refractivity contribution in [2.45, 2.75) is 64.0 Å². The van der Waals surface area contributed by atoms with Crippen molar-refractivity contribution in [3.8, 4) is 0 Å². The Bertz CT molecular complexity index is 410. The Morgan fingerprint density at radius 2 is 1.64 bits per heavy atom. The lowest BCUT2D eigenvalue weighted by Crippen LogP contribution is -2.60. The van der Waals surface area contributed by atoms with E-state index >= 15 is 0 Å². The average molecular weight is 315 g/mol. The highest BCUT2D eigenvalue weighted by molar-refractivity contribution is 6.05. The van der Waals surface area contributed by atoms with Crippen LogP contribution >= 0.6 is 0 Å². The van der Waals surface area contributed by atoms with E-state index in [9.17, 15) is 24.6 Å². The molecule has 0 bridgehead atoms. The smallest absolute Gasteiger partial charge is 0.409 e. The number of unbranched alkanes of at least 4 members (excludes halogenated alkanes) is 3. The number of hydrogen-bond donors (Lipinski definition) is 3. The second-order valence-electron chi connectivity index (χ2n) is 6.03. The standard InChI is InChI=1S/C15H25NO6/c1-5-6-7-8-9-10-15(11(17)18,12(19)20)16-13(21)22-14(2,3)4/h5H,1,6-10H2,2-4H3,(H,16,21)(H,17,18)(H,19,20). The van der Waals surface area contributed by atoms with Gasteiger partial charge < -0.3 is 14.9 Å². The van der Waals surface area contributed by atoms with E-state index in [1.54, 1.807) is 26.8 Å². The number of amides is 1. The zero-order chi connectivity index (χ0) is 17.4. The van der Waals surface area contributed by atoms with E-state index in [1.165, 1.54) is 0 Å². The van der Waals surface area contributed by atoms with Gasteiger partial charge >= 0.3 is 18.0 Å². The highest BCUT2D eigenvalue weighted by atomic mass is 16.6. The van der Waals surface area contributed by atoms with Gasteiger partial charge in [-0.2, -0.15) is 0 Å². The zero-order valence-electron chi connectivity index (χ0n) is 13.3. The fraction of sp³-hybridized carbons (Fsp3) is 0.667. The van der Waals surface area contributed by atoms with Crippen LogP contribution in [0.3, 0.4) is 0 Å². The van der Waals surface area contributed by atoms with Crippen molar-refractivity contribution in [3.05, 3.63) is 12.7 Å². The maximum Gasteiger partial charge on any atom is 0.409 e. The highest BCUT2D eigenvalue weighted by Gasteiger charge is 2.48. The summed E-state index contributed by atoms with van der Waals surface area (Å²) in [6, 6.07) is 0. The van der Waals surface area contributed by atoms with Crippen LogP contribution in [0.2, 0.25) is 0 Å². The Morgan fingerprint density at radius 3 is 2.05 bits per heavy atom. The largest absolute Gasteiger partial charge is 0.479 e. The molecule has 22 heavy (non-hydrogen) atoms. The fourth-order valence-electron chi connectivity index (χ4n) is 1.81. The molecule has 7 heteroatoms. The summed E-state index contributed by atoms with van der Waals surface area (Å²) in [5, 5.41) is 20.6. The molecule has 0 spiro atoms. The van der Waals surface area contributed by atoms with E-state index in [2.05, 4.69) is 6.58 Å². The van der Waals surface area contributed by atoms with Gasteiger partial charge in [0, 0.05) is 0 Å². The van der Waals surface area contributed by atoms with Crippen LogP contribution in [-0.2, 0) is 14.3 Å². The number of carboxylic acids is 2.